The molecule has 6 nitrogen and oxygen atoms in total. The van der Waals surface area contributed by atoms with E-state index >= 15 is 0 Å². The lowest BCUT2D eigenvalue weighted by Crippen LogP contribution is -2.42. The van der Waals surface area contributed by atoms with Gasteiger partial charge in [-0.05, 0) is 12.8 Å². The normalized spacial score (nSPS) is 19.5. The Morgan fingerprint density at radius 3 is 2.88 bits per heavy atom. The van der Waals surface area contributed by atoms with E-state index in [1.807, 2.05) is 0 Å². The van der Waals surface area contributed by atoms with Crippen molar-refractivity contribution in [2.24, 2.45) is 5.73 Å². The fourth-order valence-electron chi connectivity index (χ4n) is 1.58. The first-order chi connectivity index (χ1) is 7.63. The lowest BCUT2D eigenvalue weighted by atomic mass is 10.2. The van der Waals surface area contributed by atoms with Gasteiger partial charge in [-0.25, -0.2) is 0 Å². The average Bonchev–Trinajstić information content (AvgIpc) is 2.77. The number of likely N-dealkylation sites (N-methyl/N-ethyl adjacent to an activating group) is 1. The smallest absolute Gasteiger partial charge is 0.241 e. The molecule has 3 N–H and O–H groups in total. The third-order valence-electron chi connectivity index (χ3n) is 2.55. The molecule has 1 saturated heterocycles. The molecule has 1 unspecified atom stereocenters. The second kappa shape index (κ2) is 6.44. The molecule has 1 fully saturated rings. The van der Waals surface area contributed by atoms with E-state index in [1.165, 1.54) is 0 Å². The largest absolute Gasteiger partial charge is 0.376 e. The van der Waals surface area contributed by atoms with Crippen molar-refractivity contribution in [1.29, 1.82) is 0 Å². The Morgan fingerprint density at radius 1 is 1.56 bits per heavy atom. The minimum Gasteiger partial charge on any atom is -0.376 e. The highest BCUT2D eigenvalue weighted by atomic mass is 16.5. The highest BCUT2D eigenvalue weighted by molar-refractivity contribution is 5.85. The molecule has 92 valence electrons. The third kappa shape index (κ3) is 4.16. The number of nitrogens with zero attached hydrogens (tertiary/aromatic N) is 1. The molecule has 1 heterocycles. The van der Waals surface area contributed by atoms with E-state index in [-0.39, 0.29) is 31.0 Å². The molecule has 1 atom stereocenters. The lowest BCUT2D eigenvalue weighted by Gasteiger charge is -2.20. The number of rotatable bonds is 5. The van der Waals surface area contributed by atoms with E-state index < -0.39 is 0 Å². The van der Waals surface area contributed by atoms with Crippen LogP contribution in [0.5, 0.6) is 0 Å². The molecule has 0 aliphatic carbocycles. The van der Waals surface area contributed by atoms with Gasteiger partial charge in [0.25, 0.3) is 0 Å². The summed E-state index contributed by atoms with van der Waals surface area (Å²) in [6.45, 7) is 1.26. The fourth-order valence-corrected chi connectivity index (χ4v) is 1.58. The summed E-state index contributed by atoms with van der Waals surface area (Å²) in [5.41, 5.74) is 5.11. The minimum atomic E-state index is -0.320. The zero-order valence-corrected chi connectivity index (χ0v) is 9.57. The van der Waals surface area contributed by atoms with Gasteiger partial charge in [-0.3, -0.25) is 9.59 Å². The van der Waals surface area contributed by atoms with Gasteiger partial charge < -0.3 is 20.7 Å². The van der Waals surface area contributed by atoms with Gasteiger partial charge in [-0.15, -0.1) is 0 Å². The summed E-state index contributed by atoms with van der Waals surface area (Å²) in [6.07, 6.45) is 2.18. The van der Waals surface area contributed by atoms with Crippen molar-refractivity contribution >= 4 is 11.8 Å². The van der Waals surface area contributed by atoms with Crippen LogP contribution in [0, 0.1) is 0 Å². The summed E-state index contributed by atoms with van der Waals surface area (Å²) in [5, 5.41) is 2.44. The molecule has 0 aromatic carbocycles. The van der Waals surface area contributed by atoms with Gasteiger partial charge in [-0.2, -0.15) is 0 Å². The summed E-state index contributed by atoms with van der Waals surface area (Å²) in [4.78, 5) is 24.0. The molecule has 2 amide bonds. The van der Waals surface area contributed by atoms with Crippen molar-refractivity contribution in [1.82, 2.24) is 10.2 Å². The maximum atomic E-state index is 11.6. The first kappa shape index (κ1) is 12.9. The number of ether oxygens (including phenoxy) is 1. The van der Waals surface area contributed by atoms with Crippen LogP contribution in [0.2, 0.25) is 0 Å². The summed E-state index contributed by atoms with van der Waals surface area (Å²) in [5.74, 6) is -0.448. The molecule has 1 aliphatic rings. The Labute approximate surface area is 95.1 Å². The van der Waals surface area contributed by atoms with Gasteiger partial charge >= 0.3 is 0 Å². The maximum absolute atomic E-state index is 11.6. The van der Waals surface area contributed by atoms with Crippen LogP contribution >= 0.6 is 0 Å². The Kier molecular flexibility index (Phi) is 5.21. The minimum absolute atomic E-state index is 0.000741. The first-order valence-corrected chi connectivity index (χ1v) is 5.46. The Hall–Kier alpha value is -1.14. The SMILES string of the molecule is CN(CC1CCCO1)C(=O)CNC(=O)CN. The van der Waals surface area contributed by atoms with Crippen molar-refractivity contribution < 1.29 is 14.3 Å². The predicted octanol–water partition coefficient (Wildman–Crippen LogP) is -1.30. The molecule has 0 aromatic rings. The summed E-state index contributed by atoms with van der Waals surface area (Å²) in [7, 11) is 1.71. The molecule has 1 aliphatic heterocycles. The number of carbonyl (C=O) groups is 2. The van der Waals surface area contributed by atoms with Gasteiger partial charge in [0.05, 0.1) is 19.2 Å². The van der Waals surface area contributed by atoms with Crippen LogP contribution in [0.15, 0.2) is 0 Å². The molecular weight excluding hydrogens is 210 g/mol. The van der Waals surface area contributed by atoms with Crippen molar-refractivity contribution in [2.75, 3.05) is 33.3 Å². The number of hydrogen-bond acceptors (Lipinski definition) is 4. The number of carbonyl (C=O) groups excluding carboxylic acids is 2. The molecule has 0 bridgehead atoms. The zero-order valence-electron chi connectivity index (χ0n) is 9.57. The van der Waals surface area contributed by atoms with Crippen LogP contribution in [0.3, 0.4) is 0 Å². The molecule has 0 saturated carbocycles. The van der Waals surface area contributed by atoms with Crippen LogP contribution in [-0.2, 0) is 14.3 Å². The fraction of sp³-hybridized carbons (Fsp3) is 0.800. The van der Waals surface area contributed by atoms with E-state index in [0.717, 1.165) is 19.4 Å². The van der Waals surface area contributed by atoms with Gasteiger partial charge in [0, 0.05) is 20.2 Å². The topological polar surface area (TPSA) is 84.7 Å². The van der Waals surface area contributed by atoms with E-state index in [4.69, 9.17) is 10.5 Å². The van der Waals surface area contributed by atoms with E-state index in [2.05, 4.69) is 5.32 Å². The van der Waals surface area contributed by atoms with E-state index in [1.54, 1.807) is 11.9 Å². The van der Waals surface area contributed by atoms with Crippen LogP contribution in [0.1, 0.15) is 12.8 Å². The number of nitrogens with two attached hydrogens (primary N) is 1. The van der Waals surface area contributed by atoms with E-state index in [0.29, 0.717) is 6.54 Å². The average molecular weight is 229 g/mol. The number of amides is 2. The Balaban J connectivity index is 2.21. The van der Waals surface area contributed by atoms with Gasteiger partial charge in [-0.1, -0.05) is 0 Å². The summed E-state index contributed by atoms with van der Waals surface area (Å²) in [6, 6.07) is 0. The van der Waals surface area contributed by atoms with E-state index in [9.17, 15) is 9.59 Å². The Morgan fingerprint density at radius 2 is 2.31 bits per heavy atom. The molecule has 1 rings (SSSR count). The quantitative estimate of drug-likeness (QED) is 0.613. The number of hydrogen-bond donors (Lipinski definition) is 2. The van der Waals surface area contributed by atoms with Crippen LogP contribution in [0.25, 0.3) is 0 Å². The molecule has 0 radical (unpaired) electrons. The van der Waals surface area contributed by atoms with Gasteiger partial charge in [0.15, 0.2) is 0 Å². The van der Waals surface area contributed by atoms with Crippen molar-refractivity contribution in [3.05, 3.63) is 0 Å². The van der Waals surface area contributed by atoms with Gasteiger partial charge in [0.2, 0.25) is 11.8 Å². The second-order valence-corrected chi connectivity index (χ2v) is 3.89. The standard InChI is InChI=1S/C10H19N3O3/c1-13(7-8-3-2-4-16-8)10(15)6-12-9(14)5-11/h8H,2-7,11H2,1H3,(H,12,14). The van der Waals surface area contributed by atoms with Crippen LogP contribution in [0.4, 0.5) is 0 Å². The monoisotopic (exact) mass is 229 g/mol. The molecular formula is C10H19N3O3. The summed E-state index contributed by atoms with van der Waals surface area (Å²) < 4.78 is 5.42. The molecule has 16 heavy (non-hydrogen) atoms. The maximum Gasteiger partial charge on any atom is 0.241 e. The molecule has 0 aromatic heterocycles. The zero-order chi connectivity index (χ0) is 12.0. The van der Waals surface area contributed by atoms with Gasteiger partial charge in [0.1, 0.15) is 0 Å². The second-order valence-electron chi connectivity index (χ2n) is 3.89. The third-order valence-corrected chi connectivity index (χ3v) is 2.55. The highest BCUT2D eigenvalue weighted by Crippen LogP contribution is 2.12. The van der Waals surface area contributed by atoms with Crippen molar-refractivity contribution in [2.45, 2.75) is 18.9 Å². The first-order valence-electron chi connectivity index (χ1n) is 5.46. The summed E-state index contributed by atoms with van der Waals surface area (Å²) >= 11 is 0. The number of nitrogens with one attached hydrogen (secondary N) is 1. The van der Waals surface area contributed by atoms with Crippen molar-refractivity contribution in [3.8, 4) is 0 Å². The van der Waals surface area contributed by atoms with Crippen molar-refractivity contribution in [3.63, 3.8) is 0 Å². The molecule has 0 spiro atoms. The highest BCUT2D eigenvalue weighted by Gasteiger charge is 2.19. The van der Waals surface area contributed by atoms with Crippen LogP contribution < -0.4 is 11.1 Å². The van der Waals surface area contributed by atoms with Crippen LogP contribution in [-0.4, -0.2) is 56.1 Å². The predicted molar refractivity (Wildman–Crippen MR) is 58.7 cm³/mol. The lowest BCUT2D eigenvalue weighted by molar-refractivity contribution is -0.132. The molecule has 6 heteroatoms. The Bertz CT molecular complexity index is 252.